The molecule has 0 spiro atoms. The molecule has 1 aliphatic heterocycles. The molecule has 3 N–H and O–H groups in total. The van der Waals surface area contributed by atoms with E-state index in [0.717, 1.165) is 0 Å². The van der Waals surface area contributed by atoms with Gasteiger partial charge in [-0.15, -0.1) is 0 Å². The second-order valence-electron chi connectivity index (χ2n) is 5.26. The zero-order chi connectivity index (χ0) is 14.7. The van der Waals surface area contributed by atoms with Crippen LogP contribution in [0.1, 0.15) is 13.8 Å². The molecule has 0 aromatic carbocycles. The van der Waals surface area contributed by atoms with E-state index in [1.165, 1.54) is 4.90 Å². The molecule has 0 saturated carbocycles. The van der Waals surface area contributed by atoms with Crippen LogP contribution in [0.5, 0.6) is 0 Å². The SMILES string of the molecule is CC(C)(CN)N1CCN(C(=O)NCC(F)(F)F)CC1. The van der Waals surface area contributed by atoms with Crippen LogP contribution in [-0.4, -0.2) is 66.8 Å². The summed E-state index contributed by atoms with van der Waals surface area (Å²) >= 11 is 0. The van der Waals surface area contributed by atoms with Crippen LogP contribution in [0, 0.1) is 0 Å². The molecule has 0 radical (unpaired) electrons. The number of hydrogen-bond acceptors (Lipinski definition) is 3. The van der Waals surface area contributed by atoms with Gasteiger partial charge in [-0.1, -0.05) is 0 Å². The molecule has 1 rings (SSSR count). The lowest BCUT2D eigenvalue weighted by Crippen LogP contribution is -2.59. The van der Waals surface area contributed by atoms with Crippen LogP contribution in [0.15, 0.2) is 0 Å². The van der Waals surface area contributed by atoms with Gasteiger partial charge in [-0.2, -0.15) is 13.2 Å². The van der Waals surface area contributed by atoms with E-state index in [0.29, 0.717) is 32.7 Å². The number of rotatable bonds is 3. The van der Waals surface area contributed by atoms with Crippen molar-refractivity contribution in [1.29, 1.82) is 0 Å². The van der Waals surface area contributed by atoms with E-state index < -0.39 is 18.8 Å². The van der Waals surface area contributed by atoms with Gasteiger partial charge in [-0.25, -0.2) is 4.79 Å². The van der Waals surface area contributed by atoms with E-state index in [-0.39, 0.29) is 5.54 Å². The third kappa shape index (κ3) is 4.87. The smallest absolute Gasteiger partial charge is 0.329 e. The number of nitrogens with one attached hydrogen (secondary N) is 1. The van der Waals surface area contributed by atoms with Gasteiger partial charge in [0.25, 0.3) is 0 Å². The summed E-state index contributed by atoms with van der Waals surface area (Å²) in [5.41, 5.74) is 5.51. The topological polar surface area (TPSA) is 61.6 Å². The van der Waals surface area contributed by atoms with Crippen molar-refractivity contribution >= 4 is 6.03 Å². The third-order valence-electron chi connectivity index (χ3n) is 3.36. The average molecular weight is 282 g/mol. The summed E-state index contributed by atoms with van der Waals surface area (Å²) in [5, 5.41) is 1.88. The molecule has 19 heavy (non-hydrogen) atoms. The number of amides is 2. The number of piperazine rings is 1. The molecule has 5 nitrogen and oxygen atoms in total. The predicted molar refractivity (Wildman–Crippen MR) is 65.7 cm³/mol. The summed E-state index contributed by atoms with van der Waals surface area (Å²) in [6.07, 6.45) is -4.38. The summed E-state index contributed by atoms with van der Waals surface area (Å²) in [4.78, 5) is 15.1. The number of nitrogens with zero attached hydrogens (tertiary/aromatic N) is 2. The van der Waals surface area contributed by atoms with Crippen LogP contribution in [0.3, 0.4) is 0 Å². The van der Waals surface area contributed by atoms with E-state index in [1.54, 1.807) is 0 Å². The molecule has 0 aromatic rings. The normalized spacial score (nSPS) is 18.5. The fourth-order valence-corrected chi connectivity index (χ4v) is 1.93. The van der Waals surface area contributed by atoms with Gasteiger partial charge in [0, 0.05) is 38.3 Å². The van der Waals surface area contributed by atoms with Gasteiger partial charge in [-0.3, -0.25) is 4.90 Å². The van der Waals surface area contributed by atoms with Gasteiger partial charge in [-0.05, 0) is 13.8 Å². The molecule has 0 unspecified atom stereocenters. The van der Waals surface area contributed by atoms with E-state index in [1.807, 2.05) is 19.2 Å². The second-order valence-corrected chi connectivity index (χ2v) is 5.26. The molecule has 8 heteroatoms. The Morgan fingerprint density at radius 1 is 1.21 bits per heavy atom. The minimum absolute atomic E-state index is 0.158. The molecule has 1 saturated heterocycles. The molecular weight excluding hydrogens is 261 g/mol. The van der Waals surface area contributed by atoms with Crippen LogP contribution in [-0.2, 0) is 0 Å². The Morgan fingerprint density at radius 2 is 1.74 bits per heavy atom. The van der Waals surface area contributed by atoms with Crippen LogP contribution >= 0.6 is 0 Å². The van der Waals surface area contributed by atoms with Crippen molar-refractivity contribution < 1.29 is 18.0 Å². The van der Waals surface area contributed by atoms with Gasteiger partial charge in [0.1, 0.15) is 6.54 Å². The Bertz CT molecular complexity index is 312. The lowest BCUT2D eigenvalue weighted by Gasteiger charge is -2.43. The molecular formula is C11H21F3N4O. The third-order valence-corrected chi connectivity index (χ3v) is 3.36. The summed E-state index contributed by atoms with van der Waals surface area (Å²) in [5.74, 6) is 0. The zero-order valence-corrected chi connectivity index (χ0v) is 11.3. The van der Waals surface area contributed by atoms with E-state index in [9.17, 15) is 18.0 Å². The zero-order valence-electron chi connectivity index (χ0n) is 11.3. The van der Waals surface area contributed by atoms with E-state index >= 15 is 0 Å². The Balaban J connectivity index is 2.39. The van der Waals surface area contributed by atoms with Gasteiger partial charge in [0.05, 0.1) is 0 Å². The van der Waals surface area contributed by atoms with E-state index in [4.69, 9.17) is 5.73 Å². The fraction of sp³-hybridized carbons (Fsp3) is 0.909. The average Bonchev–Trinajstić information content (AvgIpc) is 2.35. The monoisotopic (exact) mass is 282 g/mol. The van der Waals surface area contributed by atoms with Crippen molar-refractivity contribution in [3.05, 3.63) is 0 Å². The number of urea groups is 1. The summed E-state index contributed by atoms with van der Waals surface area (Å²) < 4.78 is 36.0. The van der Waals surface area contributed by atoms with Crippen LogP contribution in [0.25, 0.3) is 0 Å². The van der Waals surface area contributed by atoms with Gasteiger partial charge < -0.3 is 16.0 Å². The molecule has 112 valence electrons. The van der Waals surface area contributed by atoms with Crippen molar-refractivity contribution in [2.45, 2.75) is 25.6 Å². The standard InChI is InChI=1S/C11H21F3N4O/c1-10(2,7-15)18-5-3-17(4-6-18)9(19)16-8-11(12,13)14/h3-8,15H2,1-2H3,(H,16,19). The molecule has 0 aromatic heterocycles. The summed E-state index contributed by atoms with van der Waals surface area (Å²) in [7, 11) is 0. The first-order chi connectivity index (χ1) is 8.65. The Hall–Kier alpha value is -1.02. The first-order valence-corrected chi connectivity index (χ1v) is 6.20. The fourth-order valence-electron chi connectivity index (χ4n) is 1.93. The molecule has 1 fully saturated rings. The maximum Gasteiger partial charge on any atom is 0.405 e. The van der Waals surface area contributed by atoms with E-state index in [2.05, 4.69) is 4.90 Å². The highest BCUT2D eigenvalue weighted by Gasteiger charge is 2.32. The number of halogens is 3. The minimum Gasteiger partial charge on any atom is -0.329 e. The van der Waals surface area contributed by atoms with Crippen molar-refractivity contribution in [3.63, 3.8) is 0 Å². The Morgan fingerprint density at radius 3 is 2.16 bits per heavy atom. The van der Waals surface area contributed by atoms with Crippen molar-refractivity contribution in [2.24, 2.45) is 5.73 Å². The number of alkyl halides is 3. The number of nitrogens with two attached hydrogens (primary N) is 1. The number of carbonyl (C=O) groups is 1. The molecule has 0 bridgehead atoms. The van der Waals surface area contributed by atoms with Gasteiger partial charge >= 0.3 is 12.2 Å². The maximum atomic E-state index is 12.0. The summed E-state index contributed by atoms with van der Waals surface area (Å²) in [6.45, 7) is 5.26. The van der Waals surface area contributed by atoms with Gasteiger partial charge in [0.15, 0.2) is 0 Å². The predicted octanol–water partition coefficient (Wildman–Crippen LogP) is 0.613. The minimum atomic E-state index is -4.38. The highest BCUT2D eigenvalue weighted by Crippen LogP contribution is 2.16. The highest BCUT2D eigenvalue weighted by atomic mass is 19.4. The highest BCUT2D eigenvalue weighted by molar-refractivity contribution is 5.74. The van der Waals surface area contributed by atoms with Crippen LogP contribution in [0.2, 0.25) is 0 Å². The molecule has 0 aliphatic carbocycles. The number of carbonyl (C=O) groups excluding carboxylic acids is 1. The Kier molecular flexibility index (Phi) is 5.03. The van der Waals surface area contributed by atoms with Crippen LogP contribution in [0.4, 0.5) is 18.0 Å². The van der Waals surface area contributed by atoms with Crippen molar-refractivity contribution in [2.75, 3.05) is 39.3 Å². The lowest BCUT2D eigenvalue weighted by atomic mass is 10.0. The molecule has 1 aliphatic rings. The second kappa shape index (κ2) is 5.96. The van der Waals surface area contributed by atoms with Gasteiger partial charge in [0.2, 0.25) is 0 Å². The molecule has 0 atom stereocenters. The first kappa shape index (κ1) is 16.0. The first-order valence-electron chi connectivity index (χ1n) is 6.20. The lowest BCUT2D eigenvalue weighted by molar-refractivity contribution is -0.123. The largest absolute Gasteiger partial charge is 0.405 e. The Labute approximate surface area is 110 Å². The maximum absolute atomic E-state index is 12.0. The number of hydrogen-bond donors (Lipinski definition) is 2. The summed E-state index contributed by atoms with van der Waals surface area (Å²) in [6, 6.07) is -0.664. The van der Waals surface area contributed by atoms with Crippen molar-refractivity contribution in [1.82, 2.24) is 15.1 Å². The quantitative estimate of drug-likeness (QED) is 0.797. The van der Waals surface area contributed by atoms with Crippen LogP contribution < -0.4 is 11.1 Å². The molecule has 1 heterocycles. The molecule has 2 amide bonds. The van der Waals surface area contributed by atoms with Crippen molar-refractivity contribution in [3.8, 4) is 0 Å².